The molecular formula is C22H27N5S. The molecule has 0 aliphatic carbocycles. The van der Waals surface area contributed by atoms with Crippen molar-refractivity contribution in [3.8, 4) is 6.07 Å². The molecule has 2 aromatic carbocycles. The maximum atomic E-state index is 8.93. The van der Waals surface area contributed by atoms with Crippen LogP contribution < -0.4 is 15.1 Å². The lowest BCUT2D eigenvalue weighted by Crippen LogP contribution is -2.50. The van der Waals surface area contributed by atoms with Gasteiger partial charge in [-0.15, -0.1) is 0 Å². The number of hydrogen-bond donors (Lipinski definition) is 1. The Morgan fingerprint density at radius 1 is 1.00 bits per heavy atom. The number of piperazine rings is 1. The van der Waals surface area contributed by atoms with Crippen LogP contribution in [0.25, 0.3) is 0 Å². The zero-order valence-electron chi connectivity index (χ0n) is 16.6. The van der Waals surface area contributed by atoms with Gasteiger partial charge in [0.2, 0.25) is 0 Å². The van der Waals surface area contributed by atoms with Gasteiger partial charge in [-0.25, -0.2) is 0 Å². The molecule has 3 rings (SSSR count). The van der Waals surface area contributed by atoms with Crippen LogP contribution in [0, 0.1) is 11.3 Å². The minimum Gasteiger partial charge on any atom is -0.372 e. The molecule has 0 bridgehead atoms. The molecule has 1 aliphatic rings. The van der Waals surface area contributed by atoms with E-state index >= 15 is 0 Å². The molecule has 6 heteroatoms. The van der Waals surface area contributed by atoms with Gasteiger partial charge in [-0.1, -0.05) is 0 Å². The molecule has 0 unspecified atom stereocenters. The van der Waals surface area contributed by atoms with E-state index in [9.17, 15) is 0 Å². The van der Waals surface area contributed by atoms with E-state index < -0.39 is 0 Å². The van der Waals surface area contributed by atoms with E-state index in [-0.39, 0.29) is 0 Å². The highest BCUT2D eigenvalue weighted by Gasteiger charge is 2.19. The number of rotatable bonds is 5. The maximum absolute atomic E-state index is 8.93. The predicted molar refractivity (Wildman–Crippen MR) is 121 cm³/mol. The zero-order valence-corrected chi connectivity index (χ0v) is 17.4. The van der Waals surface area contributed by atoms with Crippen LogP contribution in [0.15, 0.2) is 48.5 Å². The summed E-state index contributed by atoms with van der Waals surface area (Å²) in [5.74, 6) is 0. The highest BCUT2D eigenvalue weighted by atomic mass is 32.1. The molecule has 1 heterocycles. The fraction of sp³-hybridized carbons (Fsp3) is 0.364. The fourth-order valence-corrected chi connectivity index (χ4v) is 3.76. The first-order chi connectivity index (χ1) is 13.6. The van der Waals surface area contributed by atoms with Crippen molar-refractivity contribution in [2.24, 2.45) is 0 Å². The molecule has 1 saturated heterocycles. The summed E-state index contributed by atoms with van der Waals surface area (Å²) in [4.78, 5) is 6.87. The fourth-order valence-electron chi connectivity index (χ4n) is 3.46. The highest BCUT2D eigenvalue weighted by Crippen LogP contribution is 2.20. The van der Waals surface area contributed by atoms with E-state index in [0.717, 1.165) is 55.8 Å². The number of anilines is 3. The number of nitriles is 1. The Hall–Kier alpha value is -2.78. The average molecular weight is 394 g/mol. The van der Waals surface area contributed by atoms with Gasteiger partial charge < -0.3 is 20.0 Å². The Kier molecular flexibility index (Phi) is 6.72. The van der Waals surface area contributed by atoms with Crippen LogP contribution in [0.5, 0.6) is 0 Å². The van der Waals surface area contributed by atoms with Gasteiger partial charge >= 0.3 is 0 Å². The SMILES string of the molecule is CCN(CC)c1ccc(NC(=S)N2CCN(c3ccc(C#N)cc3)CC2)cc1. The first-order valence-electron chi connectivity index (χ1n) is 9.80. The van der Waals surface area contributed by atoms with Gasteiger partial charge in [-0.2, -0.15) is 5.26 Å². The van der Waals surface area contributed by atoms with Gasteiger partial charge in [0.25, 0.3) is 0 Å². The molecule has 1 fully saturated rings. The molecule has 0 spiro atoms. The van der Waals surface area contributed by atoms with Crippen LogP contribution in [0.1, 0.15) is 19.4 Å². The summed E-state index contributed by atoms with van der Waals surface area (Å²) in [6, 6.07) is 18.4. The Bertz CT molecular complexity index is 814. The molecule has 28 heavy (non-hydrogen) atoms. The largest absolute Gasteiger partial charge is 0.372 e. The number of nitrogens with one attached hydrogen (secondary N) is 1. The van der Waals surface area contributed by atoms with Crippen molar-refractivity contribution in [3.63, 3.8) is 0 Å². The van der Waals surface area contributed by atoms with Crippen LogP contribution in [0.4, 0.5) is 17.1 Å². The second kappa shape index (κ2) is 9.43. The predicted octanol–water partition coefficient (Wildman–Crippen LogP) is 3.92. The Morgan fingerprint density at radius 2 is 1.61 bits per heavy atom. The third-order valence-corrected chi connectivity index (χ3v) is 5.54. The minimum absolute atomic E-state index is 0.694. The third kappa shape index (κ3) is 4.73. The summed E-state index contributed by atoms with van der Waals surface area (Å²) < 4.78 is 0. The van der Waals surface area contributed by atoms with Gasteiger partial charge in [0.1, 0.15) is 0 Å². The van der Waals surface area contributed by atoms with Crippen LogP contribution in [0.3, 0.4) is 0 Å². The van der Waals surface area contributed by atoms with E-state index in [1.54, 1.807) is 0 Å². The Morgan fingerprint density at radius 3 is 2.14 bits per heavy atom. The van der Waals surface area contributed by atoms with Crippen molar-refractivity contribution in [3.05, 3.63) is 54.1 Å². The molecule has 1 aliphatic heterocycles. The summed E-state index contributed by atoms with van der Waals surface area (Å²) in [6.07, 6.45) is 0. The standard InChI is InChI=1S/C22H27N5S/c1-3-25(4-2)20-11-7-19(8-12-20)24-22(28)27-15-13-26(14-16-27)21-9-5-18(17-23)6-10-21/h5-12H,3-4,13-16H2,1-2H3,(H,24,28). The lowest BCUT2D eigenvalue weighted by molar-refractivity contribution is 0.391. The molecular weight excluding hydrogens is 366 g/mol. The molecule has 0 atom stereocenters. The Balaban J connectivity index is 1.53. The van der Waals surface area contributed by atoms with E-state index in [1.165, 1.54) is 5.69 Å². The maximum Gasteiger partial charge on any atom is 0.173 e. The highest BCUT2D eigenvalue weighted by molar-refractivity contribution is 7.80. The zero-order chi connectivity index (χ0) is 19.9. The number of hydrogen-bond acceptors (Lipinski definition) is 4. The molecule has 146 valence electrons. The molecule has 0 amide bonds. The van der Waals surface area contributed by atoms with Crippen LogP contribution in [-0.2, 0) is 0 Å². The van der Waals surface area contributed by atoms with Gasteiger partial charge in [0.15, 0.2) is 5.11 Å². The lowest BCUT2D eigenvalue weighted by atomic mass is 10.2. The van der Waals surface area contributed by atoms with Crippen molar-refractivity contribution >= 4 is 34.4 Å². The van der Waals surface area contributed by atoms with Crippen molar-refractivity contribution < 1.29 is 0 Å². The second-order valence-corrected chi connectivity index (χ2v) is 7.17. The number of nitrogens with zero attached hydrogens (tertiary/aromatic N) is 4. The van der Waals surface area contributed by atoms with Gasteiger partial charge in [-0.3, -0.25) is 0 Å². The molecule has 0 saturated carbocycles. The summed E-state index contributed by atoms with van der Waals surface area (Å²) in [5.41, 5.74) is 4.11. The van der Waals surface area contributed by atoms with E-state index in [1.807, 2.05) is 24.3 Å². The van der Waals surface area contributed by atoms with Crippen molar-refractivity contribution in [2.45, 2.75) is 13.8 Å². The van der Waals surface area contributed by atoms with Crippen molar-refractivity contribution in [2.75, 3.05) is 54.4 Å². The summed E-state index contributed by atoms with van der Waals surface area (Å²) in [7, 11) is 0. The molecule has 1 N–H and O–H groups in total. The van der Waals surface area contributed by atoms with Crippen LogP contribution >= 0.6 is 12.2 Å². The smallest absolute Gasteiger partial charge is 0.173 e. The monoisotopic (exact) mass is 393 g/mol. The topological polar surface area (TPSA) is 45.5 Å². The quantitative estimate of drug-likeness (QED) is 0.777. The normalized spacial score (nSPS) is 13.8. The average Bonchev–Trinajstić information content (AvgIpc) is 2.76. The molecule has 0 radical (unpaired) electrons. The first kappa shape index (κ1) is 20.0. The van der Waals surface area contributed by atoms with E-state index in [0.29, 0.717) is 5.56 Å². The third-order valence-electron chi connectivity index (χ3n) is 5.18. The van der Waals surface area contributed by atoms with Crippen LogP contribution in [0.2, 0.25) is 0 Å². The van der Waals surface area contributed by atoms with E-state index in [2.05, 4.69) is 64.2 Å². The molecule has 2 aromatic rings. The number of thiocarbonyl (C=S) groups is 1. The van der Waals surface area contributed by atoms with Gasteiger partial charge in [0, 0.05) is 56.3 Å². The van der Waals surface area contributed by atoms with Crippen molar-refractivity contribution in [1.82, 2.24) is 4.90 Å². The minimum atomic E-state index is 0.694. The summed E-state index contributed by atoms with van der Waals surface area (Å²) in [6.45, 7) is 9.93. The summed E-state index contributed by atoms with van der Waals surface area (Å²) in [5, 5.41) is 13.1. The lowest BCUT2D eigenvalue weighted by Gasteiger charge is -2.37. The van der Waals surface area contributed by atoms with E-state index in [4.69, 9.17) is 17.5 Å². The molecule has 0 aromatic heterocycles. The van der Waals surface area contributed by atoms with Crippen LogP contribution in [-0.4, -0.2) is 49.3 Å². The Labute approximate surface area is 173 Å². The number of benzene rings is 2. The first-order valence-corrected chi connectivity index (χ1v) is 10.2. The van der Waals surface area contributed by atoms with Gasteiger partial charge in [0.05, 0.1) is 11.6 Å². The van der Waals surface area contributed by atoms with Crippen molar-refractivity contribution in [1.29, 1.82) is 5.26 Å². The van der Waals surface area contributed by atoms with Gasteiger partial charge in [-0.05, 0) is 74.6 Å². The second-order valence-electron chi connectivity index (χ2n) is 6.78. The molecule has 5 nitrogen and oxygen atoms in total. The summed E-state index contributed by atoms with van der Waals surface area (Å²) >= 11 is 5.62.